The van der Waals surface area contributed by atoms with Crippen molar-refractivity contribution in [2.24, 2.45) is 5.92 Å². The third kappa shape index (κ3) is 4.27. The Balaban J connectivity index is 1.95. The molecule has 2 N–H and O–H groups in total. The molecule has 7 heteroatoms. The van der Waals surface area contributed by atoms with Crippen molar-refractivity contribution in [2.45, 2.75) is 39.0 Å². The van der Waals surface area contributed by atoms with Crippen molar-refractivity contribution in [2.75, 3.05) is 23.3 Å². The van der Waals surface area contributed by atoms with Crippen molar-refractivity contribution in [3.8, 4) is 0 Å². The van der Waals surface area contributed by atoms with Crippen LogP contribution in [0.25, 0.3) is 4.85 Å². The second-order valence-corrected chi connectivity index (χ2v) is 8.04. The lowest BCUT2D eigenvalue weighted by molar-refractivity contribution is -0.142. The fourth-order valence-corrected chi connectivity index (χ4v) is 3.35. The lowest BCUT2D eigenvalue weighted by Gasteiger charge is -2.34. The monoisotopic (exact) mass is 395 g/mol. The molecule has 2 aromatic rings. The van der Waals surface area contributed by atoms with E-state index < -0.39 is 17.3 Å². The predicted octanol–water partition coefficient (Wildman–Crippen LogP) is 4.68. The summed E-state index contributed by atoms with van der Waals surface area (Å²) in [4.78, 5) is 29.7. The van der Waals surface area contributed by atoms with Gasteiger partial charge in [-0.2, -0.15) is 4.85 Å². The first-order valence-electron chi connectivity index (χ1n) is 9.64. The predicted molar refractivity (Wildman–Crippen MR) is 111 cm³/mol. The molecule has 2 heterocycles. The van der Waals surface area contributed by atoms with Crippen LogP contribution in [-0.2, 0) is 10.2 Å². The molecule has 0 aliphatic carbocycles. The van der Waals surface area contributed by atoms with E-state index in [0.29, 0.717) is 17.2 Å². The molecular weight excluding hydrogens is 370 g/mol. The van der Waals surface area contributed by atoms with E-state index in [-0.39, 0.29) is 11.6 Å². The Hall–Kier alpha value is -3.27. The molecule has 152 valence electrons. The molecule has 0 spiro atoms. The standard InChI is InChI=1S/C22H25N3O4/c1-14-9-11-25(12-10-14)17-13-15(22(2,3)21(27)28)5-6-16(17)24-20(26)18-7-8-19(23-4)29-18/h5-8,13-14H,9-12H2,1-3H3,(H,24,26)(H,27,28). The van der Waals surface area contributed by atoms with Gasteiger partial charge in [0.1, 0.15) is 0 Å². The summed E-state index contributed by atoms with van der Waals surface area (Å²) in [5.74, 6) is -0.604. The summed E-state index contributed by atoms with van der Waals surface area (Å²) in [6, 6.07) is 8.24. The second-order valence-electron chi connectivity index (χ2n) is 8.04. The lowest BCUT2D eigenvalue weighted by atomic mass is 9.84. The van der Waals surface area contributed by atoms with Crippen LogP contribution in [0.4, 0.5) is 17.3 Å². The minimum absolute atomic E-state index is 0.0546. The molecular formula is C22H25N3O4. The van der Waals surface area contributed by atoms with Crippen molar-refractivity contribution >= 4 is 29.1 Å². The van der Waals surface area contributed by atoms with Crippen molar-refractivity contribution < 1.29 is 19.1 Å². The molecule has 3 rings (SSSR count). The van der Waals surface area contributed by atoms with Crippen LogP contribution < -0.4 is 10.2 Å². The highest BCUT2D eigenvalue weighted by Gasteiger charge is 2.31. The third-order valence-electron chi connectivity index (χ3n) is 5.55. The number of furan rings is 1. The number of carboxylic acid groups (broad SMARTS) is 1. The van der Waals surface area contributed by atoms with Crippen LogP contribution in [0.15, 0.2) is 34.7 Å². The fraction of sp³-hybridized carbons (Fsp3) is 0.409. The largest absolute Gasteiger partial charge is 0.481 e. The maximum absolute atomic E-state index is 12.6. The smallest absolute Gasteiger partial charge is 0.346 e. The number of amides is 1. The number of benzene rings is 1. The van der Waals surface area contributed by atoms with E-state index in [0.717, 1.165) is 31.6 Å². The number of piperidine rings is 1. The number of carbonyl (C=O) groups is 2. The Morgan fingerprint density at radius 3 is 2.52 bits per heavy atom. The van der Waals surface area contributed by atoms with E-state index >= 15 is 0 Å². The molecule has 0 bridgehead atoms. The first kappa shape index (κ1) is 20.5. The Bertz CT molecular complexity index is 963. The van der Waals surface area contributed by atoms with Gasteiger partial charge in [-0.1, -0.05) is 13.0 Å². The van der Waals surface area contributed by atoms with Crippen molar-refractivity contribution in [3.63, 3.8) is 0 Å². The molecule has 1 saturated heterocycles. The Morgan fingerprint density at radius 1 is 1.24 bits per heavy atom. The van der Waals surface area contributed by atoms with Gasteiger partial charge in [-0.15, -0.1) is 0 Å². The van der Waals surface area contributed by atoms with E-state index in [1.54, 1.807) is 26.0 Å². The van der Waals surface area contributed by atoms with Crippen molar-refractivity contribution in [1.29, 1.82) is 0 Å². The molecule has 1 aromatic heterocycles. The average Bonchev–Trinajstić information content (AvgIpc) is 3.18. The number of carboxylic acids is 1. The van der Waals surface area contributed by atoms with Gasteiger partial charge in [0.15, 0.2) is 5.76 Å². The molecule has 1 fully saturated rings. The molecule has 1 amide bonds. The minimum Gasteiger partial charge on any atom is -0.481 e. The number of hydrogen-bond acceptors (Lipinski definition) is 4. The van der Waals surface area contributed by atoms with Gasteiger partial charge in [0.2, 0.25) is 0 Å². The van der Waals surface area contributed by atoms with Gasteiger partial charge >= 0.3 is 11.9 Å². The normalized spacial score (nSPS) is 15.0. The van der Waals surface area contributed by atoms with E-state index in [9.17, 15) is 14.7 Å². The Morgan fingerprint density at radius 2 is 1.93 bits per heavy atom. The van der Waals surface area contributed by atoms with Crippen LogP contribution in [0.3, 0.4) is 0 Å². The van der Waals surface area contributed by atoms with Gasteiger partial charge in [0.25, 0.3) is 5.91 Å². The Kier molecular flexibility index (Phi) is 5.64. The van der Waals surface area contributed by atoms with E-state index in [4.69, 9.17) is 11.0 Å². The van der Waals surface area contributed by atoms with E-state index in [1.165, 1.54) is 12.1 Å². The number of nitrogens with one attached hydrogen (secondary N) is 1. The lowest BCUT2D eigenvalue weighted by Crippen LogP contribution is -2.34. The zero-order chi connectivity index (χ0) is 21.2. The maximum Gasteiger partial charge on any atom is 0.346 e. The van der Waals surface area contributed by atoms with Crippen molar-refractivity contribution in [3.05, 3.63) is 53.1 Å². The average molecular weight is 395 g/mol. The molecule has 7 nitrogen and oxygen atoms in total. The number of nitrogens with zero attached hydrogens (tertiary/aromatic N) is 2. The van der Waals surface area contributed by atoms with Gasteiger partial charge in [-0.05, 0) is 62.4 Å². The van der Waals surface area contributed by atoms with Crippen LogP contribution in [-0.4, -0.2) is 30.1 Å². The highest BCUT2D eigenvalue weighted by atomic mass is 16.4. The first-order chi connectivity index (χ1) is 13.7. The summed E-state index contributed by atoms with van der Waals surface area (Å²) in [7, 11) is 0. The van der Waals surface area contributed by atoms with Gasteiger partial charge in [0, 0.05) is 13.1 Å². The summed E-state index contributed by atoms with van der Waals surface area (Å²) in [6.07, 6.45) is 2.07. The molecule has 0 saturated carbocycles. The van der Waals surface area contributed by atoms with Crippen LogP contribution in [0.1, 0.15) is 49.7 Å². The van der Waals surface area contributed by atoms with E-state index in [1.807, 2.05) is 6.07 Å². The topological polar surface area (TPSA) is 87.1 Å². The summed E-state index contributed by atoms with van der Waals surface area (Å²) in [5, 5.41) is 12.5. The molecule has 0 unspecified atom stereocenters. The van der Waals surface area contributed by atoms with Gasteiger partial charge in [-0.3, -0.25) is 9.59 Å². The molecule has 1 aromatic carbocycles. The molecule has 0 atom stereocenters. The maximum atomic E-state index is 12.6. The van der Waals surface area contributed by atoms with Crippen LogP contribution >= 0.6 is 0 Å². The van der Waals surface area contributed by atoms with Gasteiger partial charge < -0.3 is 19.7 Å². The molecule has 1 aliphatic rings. The van der Waals surface area contributed by atoms with E-state index in [2.05, 4.69) is 22.0 Å². The fourth-order valence-electron chi connectivity index (χ4n) is 3.35. The zero-order valence-corrected chi connectivity index (χ0v) is 16.9. The quantitative estimate of drug-likeness (QED) is 0.718. The van der Waals surface area contributed by atoms with Crippen molar-refractivity contribution in [1.82, 2.24) is 0 Å². The molecule has 1 aliphatic heterocycles. The zero-order valence-electron chi connectivity index (χ0n) is 16.9. The highest BCUT2D eigenvalue weighted by Crippen LogP contribution is 2.35. The molecule has 29 heavy (non-hydrogen) atoms. The summed E-state index contributed by atoms with van der Waals surface area (Å²) in [6.45, 7) is 14.2. The van der Waals surface area contributed by atoms with Crippen LogP contribution in [0.5, 0.6) is 0 Å². The first-order valence-corrected chi connectivity index (χ1v) is 9.64. The minimum atomic E-state index is -1.05. The molecule has 0 radical (unpaired) electrons. The van der Waals surface area contributed by atoms with Gasteiger partial charge in [-0.25, -0.2) is 0 Å². The number of carbonyl (C=O) groups excluding carboxylic acids is 1. The Labute approximate surface area is 170 Å². The summed E-state index contributed by atoms with van der Waals surface area (Å²) >= 11 is 0. The number of anilines is 2. The number of hydrogen-bond donors (Lipinski definition) is 2. The van der Waals surface area contributed by atoms with Crippen LogP contribution in [0.2, 0.25) is 0 Å². The number of aliphatic carboxylic acids is 1. The second kappa shape index (κ2) is 8.00. The summed E-state index contributed by atoms with van der Waals surface area (Å²) in [5.41, 5.74) is 1.01. The third-order valence-corrected chi connectivity index (χ3v) is 5.55. The van der Waals surface area contributed by atoms with Gasteiger partial charge in [0.05, 0.1) is 23.4 Å². The summed E-state index contributed by atoms with van der Waals surface area (Å²) < 4.78 is 5.22. The number of rotatable bonds is 5. The SMILES string of the molecule is [C-]#[N+]c1ccc(C(=O)Nc2ccc(C(C)(C)C(=O)O)cc2N2CCC(C)CC2)o1. The highest BCUT2D eigenvalue weighted by molar-refractivity contribution is 6.04. The van der Waals surface area contributed by atoms with Crippen LogP contribution in [0, 0.1) is 12.5 Å².